The maximum Gasteiger partial charge on any atom is 0.195 e. The molecule has 16 heavy (non-hydrogen) atoms. The van der Waals surface area contributed by atoms with Crippen molar-refractivity contribution in [1.29, 1.82) is 0 Å². The van der Waals surface area contributed by atoms with Gasteiger partial charge in [-0.2, -0.15) is 0 Å². The smallest absolute Gasteiger partial charge is 0.0991 e. The average molecular weight is 224 g/mol. The second-order valence-corrected chi connectivity index (χ2v) is 4.66. The van der Waals surface area contributed by atoms with Crippen LogP contribution >= 0.6 is 11.8 Å². The van der Waals surface area contributed by atoms with Gasteiger partial charge in [-0.05, 0) is 12.1 Å². The highest BCUT2D eigenvalue weighted by Gasteiger charge is 2.17. The molecule has 0 atom stereocenters. The first-order valence-corrected chi connectivity index (χ1v) is 6.07. The Kier molecular flexibility index (Phi) is 3.52. The molecule has 0 spiro atoms. The normalized spacial score (nSPS) is 19.0. The van der Waals surface area contributed by atoms with Crippen LogP contribution in [0.25, 0.3) is 0 Å². The summed E-state index contributed by atoms with van der Waals surface area (Å²) in [6.07, 6.45) is 7.84. The second kappa shape index (κ2) is 5.08. The lowest BCUT2D eigenvalue weighted by Crippen LogP contribution is -2.23. The molecule has 0 fully saturated rings. The monoisotopic (exact) mass is 224 g/mol. The van der Waals surface area contributed by atoms with Crippen LogP contribution in [-0.2, 0) is 0 Å². The highest BCUT2D eigenvalue weighted by molar-refractivity contribution is 8.03. The molecule has 0 bridgehead atoms. The van der Waals surface area contributed by atoms with Gasteiger partial charge in [0.05, 0.1) is 0 Å². The van der Waals surface area contributed by atoms with Gasteiger partial charge < -0.3 is 0 Å². The Balaban J connectivity index is 2.44. The van der Waals surface area contributed by atoms with E-state index < -0.39 is 0 Å². The molecule has 0 unspecified atom stereocenters. The van der Waals surface area contributed by atoms with Crippen molar-refractivity contribution < 1.29 is 0 Å². The number of fused-ring (bicyclic) bond motifs is 1. The predicted octanol–water partition coefficient (Wildman–Crippen LogP) is 2.99. The van der Waals surface area contributed by atoms with E-state index in [1.54, 1.807) is 11.8 Å². The Morgan fingerprint density at radius 2 is 1.81 bits per heavy atom. The molecule has 0 saturated carbocycles. The van der Waals surface area contributed by atoms with Gasteiger partial charge in [0, 0.05) is 9.80 Å². The number of rotatable bonds is 2. The first-order chi connectivity index (χ1) is 7.85. The van der Waals surface area contributed by atoms with Gasteiger partial charge in [0.25, 0.3) is 0 Å². The third kappa shape index (κ3) is 2.22. The first-order valence-electron chi connectivity index (χ1n) is 5.25. The summed E-state index contributed by atoms with van der Waals surface area (Å²) in [5, 5.41) is 0. The summed E-state index contributed by atoms with van der Waals surface area (Å²) in [6, 6.07) is 8.53. The molecule has 0 amide bonds. The summed E-state index contributed by atoms with van der Waals surface area (Å²) in [5.41, 5.74) is 2.71. The average Bonchev–Trinajstić information content (AvgIpc) is 2.30. The van der Waals surface area contributed by atoms with E-state index in [4.69, 9.17) is 0 Å². The quantitative estimate of drug-likeness (QED) is 0.696. The van der Waals surface area contributed by atoms with Gasteiger partial charge in [0.15, 0.2) is 7.28 Å². The molecule has 0 radical (unpaired) electrons. The molecule has 0 saturated heterocycles. The summed E-state index contributed by atoms with van der Waals surface area (Å²) < 4.78 is 0. The molecule has 78 valence electrons. The molecule has 2 heteroatoms. The van der Waals surface area contributed by atoms with Crippen LogP contribution in [-0.4, -0.2) is 7.28 Å². The van der Waals surface area contributed by atoms with E-state index in [2.05, 4.69) is 49.6 Å². The Hall–Kier alpha value is -1.41. The highest BCUT2D eigenvalue weighted by atomic mass is 32.2. The third-order valence-electron chi connectivity index (χ3n) is 2.48. The zero-order valence-electron chi connectivity index (χ0n) is 9.15. The Labute approximate surface area is 102 Å². The van der Waals surface area contributed by atoms with Crippen LogP contribution in [0.1, 0.15) is 0 Å². The largest absolute Gasteiger partial charge is 0.195 e. The zero-order valence-corrected chi connectivity index (χ0v) is 9.96. The van der Waals surface area contributed by atoms with Crippen molar-refractivity contribution in [2.24, 2.45) is 0 Å². The van der Waals surface area contributed by atoms with Crippen molar-refractivity contribution in [2.75, 3.05) is 0 Å². The molecule has 0 aliphatic carbocycles. The molecule has 0 aromatic heterocycles. The van der Waals surface area contributed by atoms with Crippen LogP contribution < -0.4 is 5.46 Å². The lowest BCUT2D eigenvalue weighted by Gasteiger charge is -2.19. The Morgan fingerprint density at radius 3 is 2.56 bits per heavy atom. The van der Waals surface area contributed by atoms with Gasteiger partial charge in [-0.15, -0.1) is 0 Å². The second-order valence-electron chi connectivity index (χ2n) is 3.58. The Bertz CT molecular complexity index is 438. The summed E-state index contributed by atoms with van der Waals surface area (Å²) >= 11 is 1.80. The number of allylic oxidation sites excluding steroid dienone is 5. The summed E-state index contributed by atoms with van der Waals surface area (Å²) in [4.78, 5) is 2.62. The lowest BCUT2D eigenvalue weighted by molar-refractivity contribution is 1.50. The van der Waals surface area contributed by atoms with Crippen molar-refractivity contribution in [3.63, 3.8) is 0 Å². The van der Waals surface area contributed by atoms with E-state index in [0.717, 1.165) is 7.28 Å². The number of thioether (sulfide) groups is 1. The fraction of sp³-hybridized carbons (Fsp3) is 0. The van der Waals surface area contributed by atoms with Crippen molar-refractivity contribution in [1.82, 2.24) is 0 Å². The lowest BCUT2D eigenvalue weighted by atomic mass is 9.62. The fourth-order valence-corrected chi connectivity index (χ4v) is 2.85. The molecule has 1 aromatic carbocycles. The molecule has 1 heterocycles. The van der Waals surface area contributed by atoms with Crippen molar-refractivity contribution in [2.45, 2.75) is 4.90 Å². The van der Waals surface area contributed by atoms with E-state index >= 15 is 0 Å². The Morgan fingerprint density at radius 1 is 1.06 bits per heavy atom. The van der Waals surface area contributed by atoms with Crippen LogP contribution in [0.15, 0.2) is 77.0 Å². The van der Waals surface area contributed by atoms with Crippen LogP contribution in [0.3, 0.4) is 0 Å². The van der Waals surface area contributed by atoms with Gasteiger partial charge >= 0.3 is 0 Å². The molecule has 2 rings (SSSR count). The van der Waals surface area contributed by atoms with Crippen LogP contribution in [0, 0.1) is 0 Å². The minimum absolute atomic E-state index is 0.981. The SMILES string of the molecule is C=C/C=C1/Bc2ccccc2S/C1=C/C=C. The highest BCUT2D eigenvalue weighted by Crippen LogP contribution is 2.34. The van der Waals surface area contributed by atoms with Crippen LogP contribution in [0.5, 0.6) is 0 Å². The minimum Gasteiger partial charge on any atom is -0.0991 e. The van der Waals surface area contributed by atoms with E-state index in [1.807, 2.05) is 12.2 Å². The fourth-order valence-electron chi connectivity index (χ4n) is 1.76. The molecule has 0 N–H and O–H groups in total. The van der Waals surface area contributed by atoms with Crippen LogP contribution in [0.2, 0.25) is 0 Å². The summed E-state index contributed by atoms with van der Waals surface area (Å²) in [6.45, 7) is 7.53. The van der Waals surface area contributed by atoms with E-state index in [0.29, 0.717) is 0 Å². The molecular weight excluding hydrogens is 211 g/mol. The standard InChI is InChI=1S/C14H13BS/c1-3-7-11-13(8-4-2)16-14-10-6-5-9-12(14)15-11/h3-10,15H,1-2H2/b11-7+,13-8+. The van der Waals surface area contributed by atoms with Crippen molar-refractivity contribution in [3.8, 4) is 0 Å². The minimum atomic E-state index is 0.981. The van der Waals surface area contributed by atoms with Gasteiger partial charge in [-0.3, -0.25) is 0 Å². The first kappa shape index (κ1) is 11.1. The maximum atomic E-state index is 3.77. The van der Waals surface area contributed by atoms with Gasteiger partial charge in [-0.25, -0.2) is 0 Å². The molecule has 1 aliphatic heterocycles. The van der Waals surface area contributed by atoms with Crippen molar-refractivity contribution >= 4 is 24.5 Å². The molecule has 0 nitrogen and oxygen atoms in total. The van der Waals surface area contributed by atoms with Gasteiger partial charge in [0.1, 0.15) is 0 Å². The number of hydrogen-bond acceptors (Lipinski definition) is 1. The summed E-state index contributed by atoms with van der Waals surface area (Å²) in [5.74, 6) is 0. The topological polar surface area (TPSA) is 0 Å². The van der Waals surface area contributed by atoms with E-state index in [9.17, 15) is 0 Å². The third-order valence-corrected chi connectivity index (χ3v) is 3.71. The van der Waals surface area contributed by atoms with E-state index in [-0.39, 0.29) is 0 Å². The van der Waals surface area contributed by atoms with Crippen LogP contribution in [0.4, 0.5) is 0 Å². The van der Waals surface area contributed by atoms with Crippen molar-refractivity contribution in [3.05, 3.63) is 72.1 Å². The predicted molar refractivity (Wildman–Crippen MR) is 75.6 cm³/mol. The van der Waals surface area contributed by atoms with Gasteiger partial charge in [0.2, 0.25) is 0 Å². The zero-order chi connectivity index (χ0) is 11.4. The number of hydrogen-bond donors (Lipinski definition) is 0. The van der Waals surface area contributed by atoms with E-state index in [1.165, 1.54) is 20.7 Å². The molecule has 1 aromatic rings. The maximum absolute atomic E-state index is 3.77. The van der Waals surface area contributed by atoms with Gasteiger partial charge in [-0.1, -0.05) is 72.3 Å². The summed E-state index contributed by atoms with van der Waals surface area (Å²) in [7, 11) is 0.981. The molecular formula is C14H13BS. The molecule has 1 aliphatic rings. The number of benzene rings is 1.